The molecule has 0 aliphatic heterocycles. The van der Waals surface area contributed by atoms with Gasteiger partial charge < -0.3 is 19.7 Å². The highest BCUT2D eigenvalue weighted by atomic mass is 35.5. The van der Waals surface area contributed by atoms with E-state index >= 15 is 0 Å². The van der Waals surface area contributed by atoms with Gasteiger partial charge in [0.05, 0.1) is 22.4 Å². The molecule has 1 heterocycles. The lowest BCUT2D eigenvalue weighted by Gasteiger charge is -2.18. The van der Waals surface area contributed by atoms with Crippen molar-refractivity contribution >= 4 is 33.2 Å². The van der Waals surface area contributed by atoms with E-state index in [2.05, 4.69) is 10.1 Å². The number of nitrogens with zero attached hydrogens (tertiary/aromatic N) is 1. The van der Waals surface area contributed by atoms with E-state index in [0.717, 1.165) is 24.3 Å². The number of sulfonamides is 1. The van der Waals surface area contributed by atoms with Crippen LogP contribution in [0.4, 0.5) is 23.2 Å². The summed E-state index contributed by atoms with van der Waals surface area (Å²) in [5.74, 6) is -2.53. The van der Waals surface area contributed by atoms with E-state index in [1.54, 1.807) is 0 Å². The minimum absolute atomic E-state index is 0.0135. The first-order valence-electron chi connectivity index (χ1n) is 10.2. The topological polar surface area (TPSA) is 124 Å². The zero-order chi connectivity index (χ0) is 27.0. The molecule has 0 aliphatic carbocycles. The highest BCUT2D eigenvalue weighted by Gasteiger charge is 2.33. The smallest absolute Gasteiger partial charge is 0.403 e. The van der Waals surface area contributed by atoms with E-state index < -0.39 is 40.0 Å². The summed E-state index contributed by atoms with van der Waals surface area (Å²) in [5.41, 5.74) is 0.327. The van der Waals surface area contributed by atoms with Gasteiger partial charge in [-0.15, -0.1) is 13.2 Å². The molecule has 0 aliphatic rings. The summed E-state index contributed by atoms with van der Waals surface area (Å²) in [6.45, 7) is 2.89. The molecule has 0 radical (unpaired) electrons. The Balaban J connectivity index is 2.07. The number of hydrogen-bond donors (Lipinski definition) is 3. The fourth-order valence-electron chi connectivity index (χ4n) is 3.58. The number of nitrogens with two attached hydrogens (primary N) is 1. The maximum Gasteiger partial charge on any atom is 0.573 e. The van der Waals surface area contributed by atoms with Crippen LogP contribution in [-0.4, -0.2) is 36.5 Å². The fraction of sp³-hybridized carbons (Fsp3) is 0.227. The molecule has 8 nitrogen and oxygen atoms in total. The average Bonchev–Trinajstić information content (AvgIpc) is 3.01. The number of amides is 1. The Morgan fingerprint density at radius 1 is 1.22 bits per heavy atom. The number of ether oxygens (including phenoxy) is 1. The number of aliphatic hydroxyl groups is 1. The molecule has 1 amide bonds. The van der Waals surface area contributed by atoms with Gasteiger partial charge in [-0.25, -0.2) is 17.9 Å². The molecule has 1 atom stereocenters. The molecule has 0 saturated heterocycles. The predicted molar refractivity (Wildman–Crippen MR) is 123 cm³/mol. The first-order chi connectivity index (χ1) is 16.6. The molecule has 2 aromatic carbocycles. The Kier molecular flexibility index (Phi) is 7.69. The Bertz CT molecular complexity index is 1420. The molecule has 1 unspecified atom stereocenters. The molecule has 14 heteroatoms. The van der Waals surface area contributed by atoms with Crippen LogP contribution >= 0.6 is 11.6 Å². The van der Waals surface area contributed by atoms with Gasteiger partial charge in [-0.3, -0.25) is 4.79 Å². The van der Waals surface area contributed by atoms with E-state index in [-0.39, 0.29) is 44.7 Å². The largest absolute Gasteiger partial charge is 0.573 e. The van der Waals surface area contributed by atoms with Crippen molar-refractivity contribution in [3.63, 3.8) is 0 Å². The minimum Gasteiger partial charge on any atom is -0.403 e. The third-order valence-corrected chi connectivity index (χ3v) is 6.35. The number of hydrogen-bond acceptors (Lipinski definition) is 5. The maximum absolute atomic E-state index is 13.7. The van der Waals surface area contributed by atoms with Crippen LogP contribution in [-0.2, 0) is 16.4 Å². The van der Waals surface area contributed by atoms with Gasteiger partial charge in [0.1, 0.15) is 10.7 Å². The molecule has 1 aromatic heterocycles. The lowest BCUT2D eigenvalue weighted by atomic mass is 10.2. The maximum atomic E-state index is 13.7. The molecule has 3 rings (SSSR count). The van der Waals surface area contributed by atoms with Crippen LogP contribution in [0, 0.1) is 12.7 Å². The van der Waals surface area contributed by atoms with Crippen molar-refractivity contribution < 1.29 is 40.6 Å². The van der Waals surface area contributed by atoms with E-state index in [4.69, 9.17) is 16.7 Å². The highest BCUT2D eigenvalue weighted by Crippen LogP contribution is 2.34. The number of halogens is 5. The average molecular weight is 550 g/mol. The third kappa shape index (κ3) is 6.35. The van der Waals surface area contributed by atoms with Gasteiger partial charge >= 0.3 is 6.36 Å². The van der Waals surface area contributed by atoms with Crippen LogP contribution in [0.15, 0.2) is 47.4 Å². The summed E-state index contributed by atoms with van der Waals surface area (Å²) in [6, 6.07) is 7.42. The highest BCUT2D eigenvalue weighted by molar-refractivity contribution is 7.89. The Labute approximate surface area is 208 Å². The molecular formula is C22H20ClF4N3O5S. The zero-order valence-corrected chi connectivity index (χ0v) is 20.3. The number of nitrogens with one attached hydrogen (secondary N) is 1. The van der Waals surface area contributed by atoms with Gasteiger partial charge in [-0.05, 0) is 50.2 Å². The van der Waals surface area contributed by atoms with Crippen molar-refractivity contribution in [1.82, 2.24) is 4.57 Å². The number of aromatic nitrogens is 1. The number of aliphatic hydroxyl groups excluding tert-OH is 1. The molecule has 4 N–H and O–H groups in total. The number of carbonyl (C=O) groups excluding carboxylic acids is 1. The van der Waals surface area contributed by atoms with Crippen LogP contribution in [0.5, 0.6) is 5.75 Å². The number of primary sulfonamides is 1. The second kappa shape index (κ2) is 10.1. The van der Waals surface area contributed by atoms with Crippen LogP contribution < -0.4 is 15.2 Å². The molecule has 3 aromatic rings. The summed E-state index contributed by atoms with van der Waals surface area (Å²) in [7, 11) is -4.09. The summed E-state index contributed by atoms with van der Waals surface area (Å²) in [6.07, 6.45) is -6.12. The van der Waals surface area contributed by atoms with Crippen LogP contribution in [0.1, 0.15) is 28.7 Å². The number of rotatable bonds is 7. The van der Waals surface area contributed by atoms with E-state index in [9.17, 15) is 35.9 Å². The number of benzene rings is 2. The van der Waals surface area contributed by atoms with E-state index in [1.807, 2.05) is 0 Å². The molecule has 0 saturated carbocycles. The molecular weight excluding hydrogens is 530 g/mol. The number of anilines is 1. The predicted octanol–water partition coefficient (Wildman–Crippen LogP) is 4.30. The van der Waals surface area contributed by atoms with Crippen molar-refractivity contribution in [3.8, 4) is 11.4 Å². The summed E-state index contributed by atoms with van der Waals surface area (Å²) in [4.78, 5) is 12.7. The second-order valence-electron chi connectivity index (χ2n) is 7.83. The Morgan fingerprint density at radius 3 is 2.44 bits per heavy atom. The summed E-state index contributed by atoms with van der Waals surface area (Å²) >= 11 is 5.95. The van der Waals surface area contributed by atoms with Crippen molar-refractivity contribution in [2.24, 2.45) is 5.14 Å². The summed E-state index contributed by atoms with van der Waals surface area (Å²) in [5, 5.41) is 17.3. The van der Waals surface area contributed by atoms with Gasteiger partial charge in [0.2, 0.25) is 10.0 Å². The van der Waals surface area contributed by atoms with Gasteiger partial charge in [0.15, 0.2) is 5.75 Å². The first kappa shape index (κ1) is 27.5. The van der Waals surface area contributed by atoms with Crippen molar-refractivity contribution in [1.29, 1.82) is 0 Å². The van der Waals surface area contributed by atoms with Crippen molar-refractivity contribution in [3.05, 3.63) is 70.3 Å². The molecule has 0 bridgehead atoms. The lowest BCUT2D eigenvalue weighted by molar-refractivity contribution is -0.274. The Hall–Kier alpha value is -3.13. The van der Waals surface area contributed by atoms with E-state index in [1.165, 1.54) is 30.5 Å². The fourth-order valence-corrected chi connectivity index (χ4v) is 4.67. The van der Waals surface area contributed by atoms with Crippen LogP contribution in [0.25, 0.3) is 5.69 Å². The number of carbonyl (C=O) groups is 1. The second-order valence-corrected chi connectivity index (χ2v) is 9.76. The zero-order valence-electron chi connectivity index (χ0n) is 18.7. The SMILES string of the molecule is Cc1c(C(=O)Nc2ccc(S(N)(=O)=O)c(Cl)c2)cc(CC(C)O)n1-c1ccc(F)cc1OC(F)(F)F. The van der Waals surface area contributed by atoms with E-state index in [0.29, 0.717) is 6.07 Å². The van der Waals surface area contributed by atoms with Crippen LogP contribution in [0.2, 0.25) is 5.02 Å². The van der Waals surface area contributed by atoms with Gasteiger partial charge in [-0.2, -0.15) is 0 Å². The molecule has 0 spiro atoms. The van der Waals surface area contributed by atoms with Gasteiger partial charge in [0, 0.05) is 29.6 Å². The monoisotopic (exact) mass is 549 g/mol. The lowest BCUT2D eigenvalue weighted by Crippen LogP contribution is -2.19. The molecule has 36 heavy (non-hydrogen) atoms. The standard InChI is InChI=1S/C22H20ClF4N3O5S/c1-11(31)7-15-10-16(21(32)29-14-4-6-20(17(23)9-14)36(28,33)34)12(2)30(15)18-5-3-13(24)8-19(18)35-22(25,26)27/h3-6,8-11,31H,7H2,1-2H3,(H,29,32)(H2,28,33,34). The quantitative estimate of drug-likeness (QED) is 0.379. The Morgan fingerprint density at radius 2 is 1.89 bits per heavy atom. The normalized spacial score (nSPS) is 12.9. The van der Waals surface area contributed by atoms with Gasteiger partial charge in [-0.1, -0.05) is 11.6 Å². The molecule has 0 fully saturated rings. The first-order valence-corrected chi connectivity index (χ1v) is 12.1. The number of alkyl halides is 3. The summed E-state index contributed by atoms with van der Waals surface area (Å²) < 4.78 is 81.0. The van der Waals surface area contributed by atoms with Crippen molar-refractivity contribution in [2.75, 3.05) is 5.32 Å². The van der Waals surface area contributed by atoms with Gasteiger partial charge in [0.25, 0.3) is 5.91 Å². The van der Waals surface area contributed by atoms with Crippen molar-refractivity contribution in [2.45, 2.75) is 37.6 Å². The third-order valence-electron chi connectivity index (χ3n) is 4.96. The van der Waals surface area contributed by atoms with Crippen LogP contribution in [0.3, 0.4) is 0 Å². The molecule has 194 valence electrons. The minimum atomic E-state index is -5.11.